The van der Waals surface area contributed by atoms with Crippen LogP contribution in [0.5, 0.6) is 0 Å². The summed E-state index contributed by atoms with van der Waals surface area (Å²) in [5, 5.41) is 3.82. The Morgan fingerprint density at radius 1 is 1.18 bits per heavy atom. The molecule has 1 aliphatic rings. The molecular formula is C21H23N5O2. The highest BCUT2D eigenvalue weighted by Crippen LogP contribution is 2.30. The number of rotatable bonds is 4. The van der Waals surface area contributed by atoms with E-state index in [1.165, 1.54) is 13.3 Å². The molecule has 0 amide bonds. The van der Waals surface area contributed by atoms with Gasteiger partial charge in [-0.15, -0.1) is 0 Å². The van der Waals surface area contributed by atoms with E-state index in [9.17, 15) is 9.59 Å². The van der Waals surface area contributed by atoms with Gasteiger partial charge < -0.3 is 5.32 Å². The highest BCUT2D eigenvalue weighted by molar-refractivity contribution is 5.99. The van der Waals surface area contributed by atoms with Crippen molar-refractivity contribution in [3.05, 3.63) is 52.1 Å². The van der Waals surface area contributed by atoms with E-state index in [0.29, 0.717) is 23.0 Å². The lowest BCUT2D eigenvalue weighted by Gasteiger charge is -2.26. The summed E-state index contributed by atoms with van der Waals surface area (Å²) in [4.78, 5) is 38.7. The SMILES string of the molecule is CC(=O)c1c(C)c2cnc(Nc3ccccn3)nc2n(C2CCCCC2)c1=O. The first-order chi connectivity index (χ1) is 13.6. The highest BCUT2D eigenvalue weighted by atomic mass is 16.1. The van der Waals surface area contributed by atoms with E-state index in [1.54, 1.807) is 23.9 Å². The minimum Gasteiger partial charge on any atom is -0.309 e. The Labute approximate surface area is 162 Å². The predicted molar refractivity (Wildman–Crippen MR) is 108 cm³/mol. The Bertz CT molecular complexity index is 1090. The van der Waals surface area contributed by atoms with Gasteiger partial charge in [-0.25, -0.2) is 9.97 Å². The minimum atomic E-state index is -0.244. The van der Waals surface area contributed by atoms with Gasteiger partial charge in [-0.05, 0) is 44.4 Å². The molecule has 0 aliphatic heterocycles. The molecular weight excluding hydrogens is 354 g/mol. The molecule has 3 heterocycles. The van der Waals surface area contributed by atoms with Crippen molar-refractivity contribution in [1.82, 2.24) is 19.5 Å². The van der Waals surface area contributed by atoms with Crippen molar-refractivity contribution in [2.45, 2.75) is 52.0 Å². The molecule has 28 heavy (non-hydrogen) atoms. The van der Waals surface area contributed by atoms with Crippen LogP contribution < -0.4 is 10.9 Å². The van der Waals surface area contributed by atoms with E-state index in [-0.39, 0.29) is 22.9 Å². The average Bonchev–Trinajstić information content (AvgIpc) is 2.69. The zero-order valence-electron chi connectivity index (χ0n) is 16.1. The van der Waals surface area contributed by atoms with E-state index in [2.05, 4.69) is 20.3 Å². The summed E-state index contributed by atoms with van der Waals surface area (Å²) in [7, 11) is 0. The van der Waals surface area contributed by atoms with Gasteiger partial charge >= 0.3 is 0 Å². The molecule has 1 aliphatic carbocycles. The van der Waals surface area contributed by atoms with E-state index in [1.807, 2.05) is 18.2 Å². The standard InChI is InChI=1S/C21H23N5O2/c1-13-16-12-23-21(24-17-10-6-7-11-22-17)25-19(16)26(15-8-4-3-5-9-15)20(28)18(13)14(2)27/h6-7,10-12,15H,3-5,8-9H2,1-2H3,(H,22,23,24,25). The van der Waals surface area contributed by atoms with E-state index in [0.717, 1.165) is 31.1 Å². The van der Waals surface area contributed by atoms with E-state index in [4.69, 9.17) is 0 Å². The first-order valence-electron chi connectivity index (χ1n) is 9.67. The Balaban J connectivity index is 1.92. The zero-order chi connectivity index (χ0) is 19.7. The molecule has 7 heteroatoms. The number of hydrogen-bond acceptors (Lipinski definition) is 6. The van der Waals surface area contributed by atoms with Gasteiger partial charge in [0, 0.05) is 23.8 Å². The summed E-state index contributed by atoms with van der Waals surface area (Å²) in [5.74, 6) is 0.792. The molecule has 0 saturated heterocycles. The van der Waals surface area contributed by atoms with Crippen LogP contribution >= 0.6 is 0 Å². The van der Waals surface area contributed by atoms with Crippen LogP contribution in [0.2, 0.25) is 0 Å². The third kappa shape index (κ3) is 3.28. The number of pyridine rings is 2. The Hall–Kier alpha value is -3.09. The monoisotopic (exact) mass is 377 g/mol. The maximum Gasteiger partial charge on any atom is 0.263 e. The fraction of sp³-hybridized carbons (Fsp3) is 0.381. The number of aryl methyl sites for hydroxylation is 1. The predicted octanol–water partition coefficient (Wildman–Crippen LogP) is 3.95. The third-order valence-electron chi connectivity index (χ3n) is 5.41. The normalized spacial score (nSPS) is 14.9. The van der Waals surface area contributed by atoms with Crippen molar-refractivity contribution >= 4 is 28.6 Å². The van der Waals surface area contributed by atoms with Gasteiger partial charge in [0.25, 0.3) is 5.56 Å². The van der Waals surface area contributed by atoms with Crippen molar-refractivity contribution in [3.8, 4) is 0 Å². The molecule has 1 saturated carbocycles. The second-order valence-electron chi connectivity index (χ2n) is 7.29. The topological polar surface area (TPSA) is 89.8 Å². The van der Waals surface area contributed by atoms with Crippen LogP contribution in [0.1, 0.15) is 61.0 Å². The highest BCUT2D eigenvalue weighted by Gasteiger charge is 2.25. The fourth-order valence-corrected chi connectivity index (χ4v) is 4.04. The van der Waals surface area contributed by atoms with Gasteiger partial charge in [-0.2, -0.15) is 4.98 Å². The van der Waals surface area contributed by atoms with Gasteiger partial charge in [-0.3, -0.25) is 14.2 Å². The van der Waals surface area contributed by atoms with Gasteiger partial charge in [0.2, 0.25) is 5.95 Å². The lowest BCUT2D eigenvalue weighted by atomic mass is 9.94. The first-order valence-corrected chi connectivity index (χ1v) is 9.67. The smallest absolute Gasteiger partial charge is 0.263 e. The number of nitrogens with one attached hydrogen (secondary N) is 1. The number of Topliss-reactive ketones (excluding diaryl/α,β-unsaturated/α-hetero) is 1. The first kappa shape index (κ1) is 18.3. The molecule has 0 atom stereocenters. The number of aromatic nitrogens is 4. The summed E-state index contributed by atoms with van der Waals surface area (Å²) in [6.45, 7) is 3.24. The lowest BCUT2D eigenvalue weighted by Crippen LogP contribution is -2.32. The van der Waals surface area contributed by atoms with Crippen molar-refractivity contribution in [1.29, 1.82) is 0 Å². The second-order valence-corrected chi connectivity index (χ2v) is 7.29. The number of carbonyl (C=O) groups is 1. The largest absolute Gasteiger partial charge is 0.309 e. The van der Waals surface area contributed by atoms with Crippen LogP contribution in [0.15, 0.2) is 35.4 Å². The maximum atomic E-state index is 13.3. The third-order valence-corrected chi connectivity index (χ3v) is 5.41. The van der Waals surface area contributed by atoms with E-state index < -0.39 is 0 Å². The van der Waals surface area contributed by atoms with Crippen molar-refractivity contribution < 1.29 is 4.79 Å². The van der Waals surface area contributed by atoms with E-state index >= 15 is 0 Å². The number of nitrogens with zero attached hydrogens (tertiary/aromatic N) is 4. The van der Waals surface area contributed by atoms with Crippen LogP contribution in [0, 0.1) is 6.92 Å². The van der Waals surface area contributed by atoms with Crippen LogP contribution in [-0.2, 0) is 0 Å². The van der Waals surface area contributed by atoms with Crippen molar-refractivity contribution in [3.63, 3.8) is 0 Å². The Morgan fingerprint density at radius 2 is 1.96 bits per heavy atom. The molecule has 0 radical (unpaired) electrons. The molecule has 0 bridgehead atoms. The Kier molecular flexibility index (Phi) is 4.90. The molecule has 0 aromatic carbocycles. The Morgan fingerprint density at radius 3 is 2.64 bits per heavy atom. The van der Waals surface area contributed by atoms with Crippen LogP contribution in [0.25, 0.3) is 11.0 Å². The van der Waals surface area contributed by atoms with Gasteiger partial charge in [0.15, 0.2) is 5.78 Å². The molecule has 144 valence electrons. The average molecular weight is 377 g/mol. The summed E-state index contributed by atoms with van der Waals surface area (Å²) < 4.78 is 1.73. The number of carbonyl (C=O) groups excluding carboxylic acids is 1. The number of fused-ring (bicyclic) bond motifs is 1. The van der Waals surface area contributed by atoms with Gasteiger partial charge in [0.1, 0.15) is 11.5 Å². The zero-order valence-corrected chi connectivity index (χ0v) is 16.1. The molecule has 4 rings (SSSR count). The van der Waals surface area contributed by atoms with Crippen molar-refractivity contribution in [2.75, 3.05) is 5.32 Å². The van der Waals surface area contributed by atoms with Crippen LogP contribution in [0.3, 0.4) is 0 Å². The summed E-state index contributed by atoms with van der Waals surface area (Å²) in [6.07, 6.45) is 8.54. The lowest BCUT2D eigenvalue weighted by molar-refractivity contribution is 0.101. The summed E-state index contributed by atoms with van der Waals surface area (Å²) in [6, 6.07) is 5.59. The molecule has 1 fully saturated rings. The molecule has 3 aromatic rings. The number of anilines is 2. The molecule has 1 N–H and O–H groups in total. The summed E-state index contributed by atoms with van der Waals surface area (Å²) in [5.41, 5.74) is 1.22. The minimum absolute atomic E-state index is 0.0556. The second kappa shape index (κ2) is 7.50. The van der Waals surface area contributed by atoms with Gasteiger partial charge in [0.05, 0.1) is 5.56 Å². The van der Waals surface area contributed by atoms with Gasteiger partial charge in [-0.1, -0.05) is 25.3 Å². The summed E-state index contributed by atoms with van der Waals surface area (Å²) >= 11 is 0. The maximum absolute atomic E-state index is 13.3. The molecule has 0 unspecified atom stereocenters. The van der Waals surface area contributed by atoms with Crippen LogP contribution in [0.4, 0.5) is 11.8 Å². The molecule has 3 aromatic heterocycles. The van der Waals surface area contributed by atoms with Crippen LogP contribution in [-0.4, -0.2) is 25.3 Å². The van der Waals surface area contributed by atoms with Crippen molar-refractivity contribution in [2.24, 2.45) is 0 Å². The number of ketones is 1. The molecule has 0 spiro atoms. The quantitative estimate of drug-likeness (QED) is 0.693. The fourth-order valence-electron chi connectivity index (χ4n) is 4.04. The number of hydrogen-bond donors (Lipinski definition) is 1. The molecule has 7 nitrogen and oxygen atoms in total.